The van der Waals surface area contributed by atoms with Crippen LogP contribution in [0.4, 0.5) is 0 Å². The second kappa shape index (κ2) is 10.8. The Hall–Kier alpha value is -2.86. The molecule has 0 fully saturated rings. The van der Waals surface area contributed by atoms with Gasteiger partial charge in [-0.3, -0.25) is 9.59 Å². The van der Waals surface area contributed by atoms with Gasteiger partial charge in [-0.1, -0.05) is 30.3 Å². The topological polar surface area (TPSA) is 59.1 Å². The highest BCUT2D eigenvalue weighted by molar-refractivity contribution is 5.96. The number of hydrogen-bond acceptors (Lipinski definition) is 5. The Morgan fingerprint density at radius 2 is 1.53 bits per heavy atom. The van der Waals surface area contributed by atoms with E-state index in [9.17, 15) is 9.59 Å². The molecule has 0 aliphatic rings. The summed E-state index contributed by atoms with van der Waals surface area (Å²) in [5.41, 5.74) is 0.900. The average molecular weight is 413 g/mol. The number of likely N-dealkylation sites (N-methyl/N-ethyl adjacent to an activating group) is 1. The molecule has 2 aromatic rings. The van der Waals surface area contributed by atoms with E-state index in [1.807, 2.05) is 82.2 Å². The molecule has 0 saturated carbocycles. The Labute approximate surface area is 179 Å². The molecule has 0 atom stereocenters. The van der Waals surface area contributed by atoms with Crippen LogP contribution in [0.25, 0.3) is 0 Å². The molecule has 0 aromatic heterocycles. The van der Waals surface area contributed by atoms with Crippen molar-refractivity contribution < 1.29 is 19.1 Å². The van der Waals surface area contributed by atoms with Crippen LogP contribution in [-0.4, -0.2) is 61.0 Å². The molecule has 6 heteroatoms. The van der Waals surface area contributed by atoms with E-state index in [0.717, 1.165) is 11.3 Å². The monoisotopic (exact) mass is 412 g/mol. The third-order valence-corrected chi connectivity index (χ3v) is 4.19. The van der Waals surface area contributed by atoms with Gasteiger partial charge < -0.3 is 19.3 Å². The Balaban J connectivity index is 2.03. The van der Waals surface area contributed by atoms with E-state index < -0.39 is 11.6 Å². The fraction of sp³-hybridized carbons (Fsp3) is 0.417. The summed E-state index contributed by atoms with van der Waals surface area (Å²) in [6.45, 7) is 6.86. The molecule has 0 heterocycles. The van der Waals surface area contributed by atoms with E-state index in [1.165, 1.54) is 4.90 Å². The Bertz CT molecular complexity index is 811. The van der Waals surface area contributed by atoms with Crippen molar-refractivity contribution in [3.8, 4) is 5.75 Å². The minimum atomic E-state index is -0.590. The van der Waals surface area contributed by atoms with Gasteiger partial charge in [0.05, 0.1) is 0 Å². The van der Waals surface area contributed by atoms with Crippen LogP contribution in [0.3, 0.4) is 0 Å². The van der Waals surface area contributed by atoms with Crippen LogP contribution in [0.1, 0.15) is 36.7 Å². The third-order valence-electron chi connectivity index (χ3n) is 4.19. The zero-order valence-electron chi connectivity index (χ0n) is 18.6. The largest absolute Gasteiger partial charge is 0.489 e. The second-order valence-electron chi connectivity index (χ2n) is 8.42. The van der Waals surface area contributed by atoms with E-state index in [0.29, 0.717) is 25.3 Å². The summed E-state index contributed by atoms with van der Waals surface area (Å²) < 4.78 is 11.1. The molecule has 30 heavy (non-hydrogen) atoms. The first-order chi connectivity index (χ1) is 14.1. The van der Waals surface area contributed by atoms with Crippen molar-refractivity contribution in [3.63, 3.8) is 0 Å². The standard InChI is InChI=1S/C24H32N2O4/c1-24(2,3)30-22(27)17-26(16-15-25(4)5)23(28)20-13-11-19(12-14-20)18-29-21-9-7-6-8-10-21/h6-14H,15-18H2,1-5H3. The lowest BCUT2D eigenvalue weighted by molar-refractivity contribution is -0.155. The molecule has 0 aliphatic heterocycles. The summed E-state index contributed by atoms with van der Waals surface area (Å²) in [7, 11) is 3.86. The summed E-state index contributed by atoms with van der Waals surface area (Å²) >= 11 is 0. The molecule has 0 N–H and O–H groups in total. The van der Waals surface area contributed by atoms with Crippen LogP contribution in [0.5, 0.6) is 5.75 Å². The lowest BCUT2D eigenvalue weighted by atomic mass is 10.1. The predicted molar refractivity (Wildman–Crippen MR) is 118 cm³/mol. The van der Waals surface area contributed by atoms with Gasteiger partial charge in [0.15, 0.2) is 0 Å². The molecular weight excluding hydrogens is 380 g/mol. The smallest absolute Gasteiger partial charge is 0.326 e. The minimum absolute atomic E-state index is 0.0805. The van der Waals surface area contributed by atoms with Gasteiger partial charge >= 0.3 is 5.97 Å². The quantitative estimate of drug-likeness (QED) is 0.589. The molecule has 0 saturated heterocycles. The van der Waals surface area contributed by atoms with Gasteiger partial charge in [-0.2, -0.15) is 0 Å². The lowest BCUT2D eigenvalue weighted by Crippen LogP contribution is -2.42. The van der Waals surface area contributed by atoms with Crippen LogP contribution in [0, 0.1) is 0 Å². The van der Waals surface area contributed by atoms with Gasteiger partial charge in [0, 0.05) is 18.7 Å². The van der Waals surface area contributed by atoms with Gasteiger partial charge in [-0.05, 0) is 64.7 Å². The van der Waals surface area contributed by atoms with Crippen molar-refractivity contribution in [2.45, 2.75) is 33.0 Å². The molecule has 0 aliphatic carbocycles. The van der Waals surface area contributed by atoms with Crippen molar-refractivity contribution in [1.29, 1.82) is 0 Å². The molecule has 0 bridgehead atoms. The normalized spacial score (nSPS) is 11.3. The third kappa shape index (κ3) is 8.25. The number of carbonyl (C=O) groups excluding carboxylic acids is 2. The number of amides is 1. The molecule has 2 aromatic carbocycles. The van der Waals surface area contributed by atoms with Crippen molar-refractivity contribution in [3.05, 3.63) is 65.7 Å². The first-order valence-corrected chi connectivity index (χ1v) is 10.1. The van der Waals surface area contributed by atoms with Crippen LogP contribution in [0.2, 0.25) is 0 Å². The first kappa shape index (κ1) is 23.4. The molecule has 162 valence electrons. The molecular formula is C24H32N2O4. The van der Waals surface area contributed by atoms with Gasteiger partial charge in [0.2, 0.25) is 0 Å². The van der Waals surface area contributed by atoms with E-state index in [-0.39, 0.29) is 12.5 Å². The number of para-hydroxylation sites is 1. The predicted octanol–water partition coefficient (Wildman–Crippen LogP) is 3.61. The van der Waals surface area contributed by atoms with Crippen molar-refractivity contribution in [2.75, 3.05) is 33.7 Å². The number of hydrogen-bond donors (Lipinski definition) is 0. The van der Waals surface area contributed by atoms with Crippen LogP contribution in [0.15, 0.2) is 54.6 Å². The first-order valence-electron chi connectivity index (χ1n) is 10.1. The van der Waals surface area contributed by atoms with Crippen LogP contribution in [-0.2, 0) is 16.1 Å². The number of carbonyl (C=O) groups is 2. The van der Waals surface area contributed by atoms with Gasteiger partial charge in [-0.15, -0.1) is 0 Å². The maximum absolute atomic E-state index is 13.0. The van der Waals surface area contributed by atoms with Crippen molar-refractivity contribution in [1.82, 2.24) is 9.80 Å². The van der Waals surface area contributed by atoms with E-state index in [2.05, 4.69) is 0 Å². The summed E-state index contributed by atoms with van der Waals surface area (Å²) in [5, 5.41) is 0. The molecule has 1 amide bonds. The highest BCUT2D eigenvalue weighted by Crippen LogP contribution is 2.14. The van der Waals surface area contributed by atoms with Crippen LogP contribution >= 0.6 is 0 Å². The number of benzene rings is 2. The fourth-order valence-corrected chi connectivity index (χ4v) is 2.71. The van der Waals surface area contributed by atoms with Crippen LogP contribution < -0.4 is 4.74 Å². The maximum Gasteiger partial charge on any atom is 0.326 e. The molecule has 0 radical (unpaired) electrons. The summed E-state index contributed by atoms with van der Waals surface area (Å²) in [6, 6.07) is 16.9. The Morgan fingerprint density at radius 3 is 2.10 bits per heavy atom. The van der Waals surface area contributed by atoms with E-state index in [4.69, 9.17) is 9.47 Å². The van der Waals surface area contributed by atoms with Crippen molar-refractivity contribution >= 4 is 11.9 Å². The summed E-state index contributed by atoms with van der Waals surface area (Å²) in [5.74, 6) is 0.186. The Kier molecular flexibility index (Phi) is 8.42. The Morgan fingerprint density at radius 1 is 0.900 bits per heavy atom. The summed E-state index contributed by atoms with van der Waals surface area (Å²) in [4.78, 5) is 28.8. The molecule has 0 unspecified atom stereocenters. The van der Waals surface area contributed by atoms with E-state index >= 15 is 0 Å². The highest BCUT2D eigenvalue weighted by Gasteiger charge is 2.23. The average Bonchev–Trinajstić information content (AvgIpc) is 2.68. The molecule has 6 nitrogen and oxygen atoms in total. The number of ether oxygens (including phenoxy) is 2. The second-order valence-corrected chi connectivity index (χ2v) is 8.42. The SMILES string of the molecule is CN(C)CCN(CC(=O)OC(C)(C)C)C(=O)c1ccc(COc2ccccc2)cc1. The van der Waals surface area contributed by atoms with Gasteiger partial charge in [0.25, 0.3) is 5.91 Å². The zero-order chi connectivity index (χ0) is 22.1. The molecule has 0 spiro atoms. The lowest BCUT2D eigenvalue weighted by Gasteiger charge is -2.26. The fourth-order valence-electron chi connectivity index (χ4n) is 2.71. The summed E-state index contributed by atoms with van der Waals surface area (Å²) in [6.07, 6.45) is 0. The van der Waals surface area contributed by atoms with Gasteiger partial charge in [0.1, 0.15) is 24.5 Å². The van der Waals surface area contributed by atoms with E-state index in [1.54, 1.807) is 12.1 Å². The molecule has 2 rings (SSSR count). The highest BCUT2D eigenvalue weighted by atomic mass is 16.6. The van der Waals surface area contributed by atoms with Gasteiger partial charge in [-0.25, -0.2) is 0 Å². The zero-order valence-corrected chi connectivity index (χ0v) is 18.6. The number of nitrogens with zero attached hydrogens (tertiary/aromatic N) is 2. The number of esters is 1. The maximum atomic E-state index is 13.0. The van der Waals surface area contributed by atoms with Crippen molar-refractivity contribution in [2.24, 2.45) is 0 Å². The minimum Gasteiger partial charge on any atom is -0.489 e. The number of rotatable bonds is 9.